The number of rotatable bonds is 6. The number of benzene rings is 1. The van der Waals surface area contributed by atoms with Crippen molar-refractivity contribution >= 4 is 26.3 Å². The lowest BCUT2D eigenvalue weighted by Crippen LogP contribution is -2.27. The van der Waals surface area contributed by atoms with Gasteiger partial charge in [-0.25, -0.2) is 22.0 Å². The normalized spacial score (nSPS) is 12.1. The van der Waals surface area contributed by atoms with Crippen LogP contribution in [0.25, 0.3) is 16.3 Å². The van der Waals surface area contributed by atoms with Crippen molar-refractivity contribution < 1.29 is 12.8 Å². The van der Waals surface area contributed by atoms with Gasteiger partial charge in [0.25, 0.3) is 0 Å². The van der Waals surface area contributed by atoms with E-state index in [0.29, 0.717) is 34.2 Å². The highest BCUT2D eigenvalue weighted by Gasteiger charge is 2.23. The number of aromatic nitrogens is 5. The third-order valence-electron chi connectivity index (χ3n) is 4.65. The molecular formula is C18H19FN6O2S2. The van der Waals surface area contributed by atoms with Crippen LogP contribution in [0.1, 0.15) is 17.1 Å². The molecule has 0 atom stereocenters. The van der Waals surface area contributed by atoms with Crippen molar-refractivity contribution in [2.45, 2.75) is 25.2 Å². The van der Waals surface area contributed by atoms with Gasteiger partial charge in [0.1, 0.15) is 10.7 Å². The van der Waals surface area contributed by atoms with Crippen LogP contribution >= 0.6 is 11.3 Å². The van der Waals surface area contributed by atoms with E-state index in [1.54, 1.807) is 48.3 Å². The minimum atomic E-state index is -3.68. The monoisotopic (exact) mass is 434 g/mol. The molecule has 152 valence electrons. The minimum absolute atomic E-state index is 0.191. The topological polar surface area (TPSA) is 94.2 Å². The van der Waals surface area contributed by atoms with Crippen molar-refractivity contribution in [3.63, 3.8) is 0 Å². The molecule has 3 heterocycles. The Kier molecular flexibility index (Phi) is 4.97. The van der Waals surface area contributed by atoms with Crippen LogP contribution in [0.5, 0.6) is 0 Å². The zero-order valence-electron chi connectivity index (χ0n) is 16.0. The second kappa shape index (κ2) is 7.32. The summed E-state index contributed by atoms with van der Waals surface area (Å²) in [7, 11) is -1.97. The predicted molar refractivity (Wildman–Crippen MR) is 108 cm³/mol. The number of hydrogen-bond donors (Lipinski definition) is 1. The largest absolute Gasteiger partial charge is 0.271 e. The Labute approximate surface area is 171 Å². The number of halogens is 1. The third-order valence-corrected chi connectivity index (χ3v) is 7.23. The van der Waals surface area contributed by atoms with Crippen molar-refractivity contribution in [2.75, 3.05) is 6.54 Å². The van der Waals surface area contributed by atoms with E-state index in [1.165, 1.54) is 17.4 Å². The molecule has 0 saturated heterocycles. The summed E-state index contributed by atoms with van der Waals surface area (Å²) < 4.78 is 45.1. The molecule has 1 aromatic carbocycles. The number of hydrogen-bond acceptors (Lipinski definition) is 6. The van der Waals surface area contributed by atoms with E-state index in [4.69, 9.17) is 0 Å². The van der Waals surface area contributed by atoms with Crippen LogP contribution in [0.4, 0.5) is 4.39 Å². The Hall–Kier alpha value is -2.63. The highest BCUT2D eigenvalue weighted by atomic mass is 32.2. The lowest BCUT2D eigenvalue weighted by molar-refractivity contribution is 0.579. The number of sulfonamides is 1. The first-order valence-corrected chi connectivity index (χ1v) is 11.2. The fourth-order valence-electron chi connectivity index (χ4n) is 3.18. The molecular weight excluding hydrogens is 415 g/mol. The van der Waals surface area contributed by atoms with Gasteiger partial charge in [0.2, 0.25) is 15.0 Å². The molecule has 0 unspecified atom stereocenters. The quantitative estimate of drug-likeness (QED) is 0.503. The van der Waals surface area contributed by atoms with Crippen LogP contribution in [-0.2, 0) is 23.5 Å². The average Bonchev–Trinajstić information content (AvgIpc) is 3.30. The Balaban J connectivity index is 1.53. The van der Waals surface area contributed by atoms with Crippen LogP contribution in [-0.4, -0.2) is 39.3 Å². The van der Waals surface area contributed by atoms with Gasteiger partial charge in [-0.3, -0.25) is 4.68 Å². The molecule has 0 amide bonds. The molecule has 0 bridgehead atoms. The number of aryl methyl sites for hydroxylation is 2. The summed E-state index contributed by atoms with van der Waals surface area (Å²) in [5, 5.41) is 10.4. The lowest BCUT2D eigenvalue weighted by Gasteiger charge is -2.06. The minimum Gasteiger partial charge on any atom is -0.271 e. The summed E-state index contributed by atoms with van der Waals surface area (Å²) in [4.78, 5) is 5.21. The van der Waals surface area contributed by atoms with Gasteiger partial charge >= 0.3 is 0 Å². The van der Waals surface area contributed by atoms with Gasteiger partial charge in [0.15, 0.2) is 5.82 Å². The van der Waals surface area contributed by atoms with Gasteiger partial charge in [-0.05, 0) is 26.0 Å². The number of thiazole rings is 1. The number of nitrogens with zero attached hydrogens (tertiary/aromatic N) is 5. The summed E-state index contributed by atoms with van der Waals surface area (Å²) in [6, 6.07) is 6.33. The Morgan fingerprint density at radius 1 is 1.21 bits per heavy atom. The third kappa shape index (κ3) is 3.56. The average molecular weight is 435 g/mol. The molecule has 3 aromatic heterocycles. The fraction of sp³-hybridized carbons (Fsp3) is 0.278. The summed E-state index contributed by atoms with van der Waals surface area (Å²) in [6.07, 6.45) is 0.414. The van der Waals surface area contributed by atoms with Crippen LogP contribution in [0.15, 0.2) is 34.5 Å². The highest BCUT2D eigenvalue weighted by molar-refractivity contribution is 7.89. The van der Waals surface area contributed by atoms with Crippen molar-refractivity contribution in [3.8, 4) is 11.4 Å². The van der Waals surface area contributed by atoms with Crippen molar-refractivity contribution in [2.24, 2.45) is 7.05 Å². The molecule has 0 fully saturated rings. The van der Waals surface area contributed by atoms with E-state index in [0.717, 1.165) is 5.69 Å². The molecule has 0 saturated carbocycles. The molecule has 11 heteroatoms. The summed E-state index contributed by atoms with van der Waals surface area (Å²) in [5.41, 5.74) is 2.17. The summed E-state index contributed by atoms with van der Waals surface area (Å²) in [6.45, 7) is 3.58. The Morgan fingerprint density at radius 3 is 2.66 bits per heavy atom. The second-order valence-corrected chi connectivity index (χ2v) is 9.15. The second-order valence-electron chi connectivity index (χ2n) is 6.61. The first-order valence-electron chi connectivity index (χ1n) is 8.86. The van der Waals surface area contributed by atoms with E-state index in [9.17, 15) is 12.8 Å². The fourth-order valence-corrected chi connectivity index (χ4v) is 5.50. The first-order chi connectivity index (χ1) is 13.8. The predicted octanol–water partition coefficient (Wildman–Crippen LogP) is 2.47. The number of nitrogens with one attached hydrogen (secondary N) is 1. The van der Waals surface area contributed by atoms with Gasteiger partial charge < -0.3 is 0 Å². The summed E-state index contributed by atoms with van der Waals surface area (Å²) >= 11 is 1.37. The standard InChI is InChI=1S/C18H19FN6O2S2/c1-11-16(12(2)24(3)22-11)29(26,27)20-9-8-13-10-28-18-21-17(23-25(13)18)14-6-4-5-7-15(14)19/h4-7,10,20H,8-9H2,1-3H3. The van der Waals surface area contributed by atoms with E-state index >= 15 is 0 Å². The van der Waals surface area contributed by atoms with Gasteiger partial charge in [0, 0.05) is 25.4 Å². The van der Waals surface area contributed by atoms with Crippen LogP contribution in [0.2, 0.25) is 0 Å². The van der Waals surface area contributed by atoms with Gasteiger partial charge in [-0.2, -0.15) is 10.1 Å². The van der Waals surface area contributed by atoms with Crippen LogP contribution < -0.4 is 4.72 Å². The Bertz CT molecular complexity index is 1310. The van der Waals surface area contributed by atoms with Crippen molar-refractivity contribution in [1.82, 2.24) is 29.1 Å². The first kappa shape index (κ1) is 19.7. The maximum absolute atomic E-state index is 14.0. The molecule has 29 heavy (non-hydrogen) atoms. The zero-order chi connectivity index (χ0) is 20.8. The summed E-state index contributed by atoms with van der Waals surface area (Å²) in [5.74, 6) is -0.0827. The molecule has 1 N–H and O–H groups in total. The van der Waals surface area contributed by atoms with Crippen LogP contribution in [0, 0.1) is 19.7 Å². The molecule has 8 nitrogen and oxygen atoms in total. The van der Waals surface area contributed by atoms with Gasteiger partial charge in [0.05, 0.1) is 22.6 Å². The van der Waals surface area contributed by atoms with Crippen molar-refractivity contribution in [1.29, 1.82) is 0 Å². The van der Waals surface area contributed by atoms with E-state index in [-0.39, 0.29) is 17.3 Å². The molecule has 0 aliphatic rings. The molecule has 0 aliphatic carbocycles. The zero-order valence-corrected chi connectivity index (χ0v) is 17.7. The Morgan fingerprint density at radius 2 is 1.97 bits per heavy atom. The molecule has 4 rings (SSSR count). The SMILES string of the molecule is Cc1nn(C)c(C)c1S(=O)(=O)NCCc1csc2nc(-c3ccccc3F)nn12. The van der Waals surface area contributed by atoms with Crippen LogP contribution in [0.3, 0.4) is 0 Å². The molecule has 4 aromatic rings. The molecule has 0 spiro atoms. The highest BCUT2D eigenvalue weighted by Crippen LogP contribution is 2.23. The maximum Gasteiger partial charge on any atom is 0.244 e. The van der Waals surface area contributed by atoms with E-state index < -0.39 is 10.0 Å². The molecule has 0 aliphatic heterocycles. The smallest absolute Gasteiger partial charge is 0.244 e. The lowest BCUT2D eigenvalue weighted by atomic mass is 10.2. The molecule has 0 radical (unpaired) electrons. The van der Waals surface area contributed by atoms with E-state index in [1.807, 2.05) is 5.38 Å². The van der Waals surface area contributed by atoms with Gasteiger partial charge in [-0.1, -0.05) is 12.1 Å². The maximum atomic E-state index is 14.0. The number of fused-ring (bicyclic) bond motifs is 1. The van der Waals surface area contributed by atoms with Gasteiger partial charge in [-0.15, -0.1) is 16.4 Å². The van der Waals surface area contributed by atoms with Crippen molar-refractivity contribution in [3.05, 3.63) is 52.5 Å². The van der Waals surface area contributed by atoms with E-state index in [2.05, 4.69) is 19.9 Å².